The van der Waals surface area contributed by atoms with Gasteiger partial charge in [-0.1, -0.05) is 0 Å². The molecule has 2 heterocycles. The van der Waals surface area contributed by atoms with Crippen LogP contribution >= 0.6 is 0 Å². The zero-order valence-electron chi connectivity index (χ0n) is 14.0. The normalized spacial score (nSPS) is 14.5. The van der Waals surface area contributed by atoms with E-state index in [9.17, 15) is 4.79 Å². The second-order valence-electron chi connectivity index (χ2n) is 5.72. The van der Waals surface area contributed by atoms with E-state index in [4.69, 9.17) is 9.47 Å². The van der Waals surface area contributed by atoms with Gasteiger partial charge in [-0.25, -0.2) is 0 Å². The lowest BCUT2D eigenvalue weighted by Gasteiger charge is -2.27. The van der Waals surface area contributed by atoms with E-state index in [0.717, 1.165) is 31.7 Å². The van der Waals surface area contributed by atoms with Gasteiger partial charge in [-0.3, -0.25) is 9.48 Å². The lowest BCUT2D eigenvalue weighted by atomic mass is 10.1. The number of hydrogen-bond donors (Lipinski definition) is 1. The van der Waals surface area contributed by atoms with Crippen LogP contribution in [0.3, 0.4) is 0 Å². The molecule has 1 aliphatic rings. The summed E-state index contributed by atoms with van der Waals surface area (Å²) in [7, 11) is 3.44. The highest BCUT2D eigenvalue weighted by Gasteiger charge is 2.19. The Morgan fingerprint density at radius 3 is 2.75 bits per heavy atom. The molecule has 0 radical (unpaired) electrons. The monoisotopic (exact) mass is 330 g/mol. The van der Waals surface area contributed by atoms with Crippen LogP contribution in [0, 0.1) is 0 Å². The van der Waals surface area contributed by atoms with E-state index in [1.165, 1.54) is 0 Å². The first kappa shape index (κ1) is 16.3. The van der Waals surface area contributed by atoms with Crippen LogP contribution < -0.4 is 14.8 Å². The molecule has 0 spiro atoms. The maximum atomic E-state index is 12.6. The number of ether oxygens (including phenoxy) is 2. The summed E-state index contributed by atoms with van der Waals surface area (Å²) in [6.07, 6.45) is 3.66. The van der Waals surface area contributed by atoms with Crippen molar-refractivity contribution in [1.29, 1.82) is 0 Å². The number of hydrogen-bond acceptors (Lipinski definition) is 5. The maximum absolute atomic E-state index is 12.6. The molecule has 0 bridgehead atoms. The van der Waals surface area contributed by atoms with Crippen LogP contribution in [0.25, 0.3) is 0 Å². The van der Waals surface area contributed by atoms with Crippen molar-refractivity contribution in [2.75, 3.05) is 33.3 Å². The third-order valence-electron chi connectivity index (χ3n) is 3.97. The minimum atomic E-state index is 0.0219. The van der Waals surface area contributed by atoms with Gasteiger partial charge in [-0.2, -0.15) is 5.10 Å². The van der Waals surface area contributed by atoms with Gasteiger partial charge in [0.25, 0.3) is 5.91 Å². The predicted octanol–water partition coefficient (Wildman–Crippen LogP) is 1.05. The van der Waals surface area contributed by atoms with Crippen molar-refractivity contribution < 1.29 is 14.3 Å². The summed E-state index contributed by atoms with van der Waals surface area (Å²) in [5, 5.41) is 7.35. The first-order valence-corrected chi connectivity index (χ1v) is 7.96. The van der Waals surface area contributed by atoms with Crippen molar-refractivity contribution in [3.63, 3.8) is 0 Å². The summed E-state index contributed by atoms with van der Waals surface area (Å²) in [5.41, 5.74) is 1.59. The fraction of sp³-hybridized carbons (Fsp3) is 0.412. The highest BCUT2D eigenvalue weighted by molar-refractivity contribution is 5.95. The van der Waals surface area contributed by atoms with Crippen molar-refractivity contribution in [3.8, 4) is 11.5 Å². The van der Waals surface area contributed by atoms with Gasteiger partial charge in [0.15, 0.2) is 11.5 Å². The second-order valence-corrected chi connectivity index (χ2v) is 5.72. The molecule has 0 saturated carbocycles. The Morgan fingerprint density at radius 2 is 2.08 bits per heavy atom. The third-order valence-corrected chi connectivity index (χ3v) is 3.97. The minimum Gasteiger partial charge on any atom is -0.493 e. The summed E-state index contributed by atoms with van der Waals surface area (Å²) in [6.45, 7) is 3.50. The molecule has 1 aromatic carbocycles. The third kappa shape index (κ3) is 3.68. The topological polar surface area (TPSA) is 68.6 Å². The molecule has 128 valence electrons. The molecule has 0 atom stereocenters. The molecule has 7 nitrogen and oxygen atoms in total. The van der Waals surface area contributed by atoms with Crippen molar-refractivity contribution in [1.82, 2.24) is 20.0 Å². The Morgan fingerprint density at radius 1 is 1.29 bits per heavy atom. The first-order valence-electron chi connectivity index (χ1n) is 7.96. The smallest absolute Gasteiger partial charge is 0.254 e. The van der Waals surface area contributed by atoms with E-state index in [-0.39, 0.29) is 5.91 Å². The molecular formula is C17H22N4O3. The number of rotatable bonds is 5. The molecule has 1 amide bonds. The average Bonchev–Trinajstić information content (AvgIpc) is 3.05. The van der Waals surface area contributed by atoms with Crippen LogP contribution in [0.2, 0.25) is 0 Å². The number of nitrogens with zero attached hydrogens (tertiary/aromatic N) is 3. The van der Waals surface area contributed by atoms with Crippen LogP contribution in [0.1, 0.15) is 15.9 Å². The highest BCUT2D eigenvalue weighted by Crippen LogP contribution is 2.29. The number of amides is 1. The summed E-state index contributed by atoms with van der Waals surface area (Å²) in [6, 6.07) is 5.30. The molecule has 7 heteroatoms. The molecule has 3 rings (SSSR count). The van der Waals surface area contributed by atoms with E-state index < -0.39 is 0 Å². The first-order chi connectivity index (χ1) is 11.7. The fourth-order valence-electron chi connectivity index (χ4n) is 2.68. The second kappa shape index (κ2) is 7.35. The van der Waals surface area contributed by atoms with Gasteiger partial charge >= 0.3 is 0 Å². The lowest BCUT2D eigenvalue weighted by molar-refractivity contribution is 0.0735. The van der Waals surface area contributed by atoms with E-state index >= 15 is 0 Å². The summed E-state index contributed by atoms with van der Waals surface area (Å²) in [5.74, 6) is 1.19. The Balaban J connectivity index is 1.71. The van der Waals surface area contributed by atoms with Gasteiger partial charge in [0.2, 0.25) is 0 Å². The number of aromatic nitrogens is 2. The van der Waals surface area contributed by atoms with Gasteiger partial charge in [0.05, 0.1) is 13.3 Å². The van der Waals surface area contributed by atoms with Gasteiger partial charge in [0, 0.05) is 50.6 Å². The number of nitrogens with one attached hydrogen (secondary N) is 1. The predicted molar refractivity (Wildman–Crippen MR) is 89.3 cm³/mol. The molecule has 1 N–H and O–H groups in total. The molecule has 1 fully saturated rings. The number of piperazine rings is 1. The zero-order valence-corrected chi connectivity index (χ0v) is 14.0. The molecule has 1 saturated heterocycles. The molecule has 1 aliphatic heterocycles. The van der Waals surface area contributed by atoms with Gasteiger partial charge in [-0.05, 0) is 18.2 Å². The number of benzene rings is 1. The molecule has 2 aromatic rings. The Labute approximate surface area is 141 Å². The van der Waals surface area contributed by atoms with Crippen LogP contribution in [-0.4, -0.2) is 53.9 Å². The Bertz CT molecular complexity index is 708. The number of carbonyl (C=O) groups is 1. The van der Waals surface area contributed by atoms with Crippen molar-refractivity contribution in [2.24, 2.45) is 7.05 Å². The van der Waals surface area contributed by atoms with Gasteiger partial charge in [0.1, 0.15) is 6.61 Å². The molecular weight excluding hydrogens is 308 g/mol. The average molecular weight is 330 g/mol. The zero-order chi connectivity index (χ0) is 16.9. The lowest BCUT2D eigenvalue weighted by Crippen LogP contribution is -2.46. The van der Waals surface area contributed by atoms with Crippen molar-refractivity contribution in [3.05, 3.63) is 41.7 Å². The van der Waals surface area contributed by atoms with E-state index in [0.29, 0.717) is 23.7 Å². The minimum absolute atomic E-state index is 0.0219. The van der Waals surface area contributed by atoms with Crippen LogP contribution in [-0.2, 0) is 13.7 Å². The van der Waals surface area contributed by atoms with Crippen molar-refractivity contribution in [2.45, 2.75) is 6.61 Å². The Hall–Kier alpha value is -2.54. The molecule has 1 aromatic heterocycles. The number of methoxy groups -OCH3 is 1. The summed E-state index contributed by atoms with van der Waals surface area (Å²) < 4.78 is 12.9. The van der Waals surface area contributed by atoms with Gasteiger partial charge < -0.3 is 19.7 Å². The Kier molecular flexibility index (Phi) is 5.00. The summed E-state index contributed by atoms with van der Waals surface area (Å²) >= 11 is 0. The van der Waals surface area contributed by atoms with E-state index in [2.05, 4.69) is 10.4 Å². The van der Waals surface area contributed by atoms with E-state index in [1.54, 1.807) is 36.2 Å². The molecule has 24 heavy (non-hydrogen) atoms. The SMILES string of the molecule is COc1cc(C(=O)N2CCNCC2)ccc1OCc1cnn(C)c1. The van der Waals surface area contributed by atoms with Crippen LogP contribution in [0.15, 0.2) is 30.6 Å². The molecule has 0 unspecified atom stereocenters. The van der Waals surface area contributed by atoms with E-state index in [1.807, 2.05) is 18.1 Å². The maximum Gasteiger partial charge on any atom is 0.254 e. The van der Waals surface area contributed by atoms with Crippen LogP contribution in [0.4, 0.5) is 0 Å². The largest absolute Gasteiger partial charge is 0.493 e. The van der Waals surface area contributed by atoms with Crippen LogP contribution in [0.5, 0.6) is 11.5 Å². The molecule has 0 aliphatic carbocycles. The standard InChI is InChI=1S/C17H22N4O3/c1-20-11-13(10-19-20)12-24-15-4-3-14(9-16(15)23-2)17(22)21-7-5-18-6-8-21/h3-4,9-11,18H,5-8,12H2,1-2H3. The highest BCUT2D eigenvalue weighted by atomic mass is 16.5. The number of aryl methyl sites for hydroxylation is 1. The summed E-state index contributed by atoms with van der Waals surface area (Å²) in [4.78, 5) is 14.4. The number of carbonyl (C=O) groups excluding carboxylic acids is 1. The quantitative estimate of drug-likeness (QED) is 0.888. The van der Waals surface area contributed by atoms with Gasteiger partial charge in [-0.15, -0.1) is 0 Å². The fourth-order valence-corrected chi connectivity index (χ4v) is 2.68. The van der Waals surface area contributed by atoms with Crippen molar-refractivity contribution >= 4 is 5.91 Å².